The Bertz CT molecular complexity index is 586. The first-order valence-electron chi connectivity index (χ1n) is 7.89. The number of rotatable bonds is 3. The molecule has 0 spiro atoms. The molecule has 1 aliphatic heterocycles. The Morgan fingerprint density at radius 2 is 1.38 bits per heavy atom. The van der Waals surface area contributed by atoms with E-state index in [0.717, 1.165) is 6.42 Å². The monoisotopic (exact) mass is 278 g/mol. The summed E-state index contributed by atoms with van der Waals surface area (Å²) in [5.74, 6) is 0.510. The van der Waals surface area contributed by atoms with Crippen LogP contribution in [-0.4, -0.2) is 11.8 Å². The van der Waals surface area contributed by atoms with E-state index >= 15 is 0 Å². The van der Waals surface area contributed by atoms with Gasteiger partial charge in [0.1, 0.15) is 11.5 Å². The quantitative estimate of drug-likeness (QED) is 0.887. The van der Waals surface area contributed by atoms with Gasteiger partial charge < -0.3 is 0 Å². The first kappa shape index (κ1) is 14.1. The van der Waals surface area contributed by atoms with Crippen LogP contribution in [0.1, 0.15) is 38.3 Å². The van der Waals surface area contributed by atoms with Gasteiger partial charge in [0.15, 0.2) is 5.71 Å². The molecule has 21 heavy (non-hydrogen) atoms. The predicted molar refractivity (Wildman–Crippen MR) is 88.6 cm³/mol. The van der Waals surface area contributed by atoms with Gasteiger partial charge in [-0.3, -0.25) is 0 Å². The fourth-order valence-electron chi connectivity index (χ4n) is 3.83. The zero-order valence-corrected chi connectivity index (χ0v) is 13.1. The van der Waals surface area contributed by atoms with E-state index in [4.69, 9.17) is 0 Å². The van der Waals surface area contributed by atoms with E-state index in [0.29, 0.717) is 12.0 Å². The third kappa shape index (κ3) is 2.31. The van der Waals surface area contributed by atoms with Crippen molar-refractivity contribution in [1.29, 1.82) is 0 Å². The maximum Gasteiger partial charge on any atom is 0.168 e. The fourth-order valence-corrected chi connectivity index (χ4v) is 3.83. The summed E-state index contributed by atoms with van der Waals surface area (Å²) >= 11 is 0. The summed E-state index contributed by atoms with van der Waals surface area (Å²) in [5.41, 5.74) is 4.25. The second kappa shape index (κ2) is 5.48. The molecule has 0 fully saturated rings. The molecule has 0 aliphatic carbocycles. The van der Waals surface area contributed by atoms with Crippen molar-refractivity contribution < 1.29 is 4.99 Å². The number of hydrogen-bond acceptors (Lipinski definition) is 0. The van der Waals surface area contributed by atoms with E-state index < -0.39 is 0 Å². The van der Waals surface area contributed by atoms with Gasteiger partial charge >= 0.3 is 0 Å². The van der Waals surface area contributed by atoms with Crippen LogP contribution in [0.4, 0.5) is 0 Å². The van der Waals surface area contributed by atoms with Crippen molar-refractivity contribution in [2.24, 2.45) is 5.92 Å². The smallest absolute Gasteiger partial charge is 0.168 e. The summed E-state index contributed by atoms with van der Waals surface area (Å²) in [7, 11) is 0. The molecule has 1 heterocycles. The summed E-state index contributed by atoms with van der Waals surface area (Å²) in [6.07, 6.45) is 1.12. The molecule has 1 heteroatoms. The molecule has 3 rings (SSSR count). The van der Waals surface area contributed by atoms with Crippen molar-refractivity contribution in [3.63, 3.8) is 0 Å². The van der Waals surface area contributed by atoms with Gasteiger partial charge in [0.25, 0.3) is 0 Å². The van der Waals surface area contributed by atoms with Gasteiger partial charge in [0.2, 0.25) is 0 Å². The fraction of sp³-hybridized carbons (Fsp3) is 0.350. The molecule has 108 valence electrons. The molecule has 0 saturated heterocycles. The average Bonchev–Trinajstić information content (AvgIpc) is 2.88. The van der Waals surface area contributed by atoms with E-state index in [9.17, 15) is 0 Å². The first-order chi connectivity index (χ1) is 10.1. The SMILES string of the molecule is CC(C)C1=[NH+][C@@H](C)CC1(c1ccccc1)c1ccccc1. The molecule has 0 saturated carbocycles. The average molecular weight is 278 g/mol. The number of nitrogens with one attached hydrogen (secondary N) is 1. The summed E-state index contributed by atoms with van der Waals surface area (Å²) in [6.45, 7) is 6.87. The van der Waals surface area contributed by atoms with Crippen molar-refractivity contribution in [2.45, 2.75) is 38.6 Å². The molecule has 0 bridgehead atoms. The van der Waals surface area contributed by atoms with Gasteiger partial charge in [0, 0.05) is 12.3 Å². The van der Waals surface area contributed by atoms with Crippen LogP contribution in [0, 0.1) is 5.92 Å². The minimum Gasteiger partial charge on any atom is -0.245 e. The lowest BCUT2D eigenvalue weighted by Crippen LogP contribution is -2.76. The van der Waals surface area contributed by atoms with E-state index in [1.165, 1.54) is 16.8 Å². The van der Waals surface area contributed by atoms with Crippen LogP contribution < -0.4 is 4.99 Å². The predicted octanol–water partition coefficient (Wildman–Crippen LogP) is 2.94. The number of hydrogen-bond donors (Lipinski definition) is 1. The molecule has 1 atom stereocenters. The molecule has 0 unspecified atom stereocenters. The minimum absolute atomic E-state index is 0.00387. The van der Waals surface area contributed by atoms with Gasteiger partial charge in [0.05, 0.1) is 0 Å². The third-order valence-corrected chi connectivity index (χ3v) is 4.58. The topological polar surface area (TPSA) is 14.0 Å². The van der Waals surface area contributed by atoms with Gasteiger partial charge in [-0.05, 0) is 18.1 Å². The van der Waals surface area contributed by atoms with Crippen LogP contribution in [0.2, 0.25) is 0 Å². The molecule has 1 N–H and O–H groups in total. The highest BCUT2D eigenvalue weighted by Crippen LogP contribution is 2.40. The van der Waals surface area contributed by atoms with Crippen LogP contribution in [0.25, 0.3) is 0 Å². The maximum atomic E-state index is 3.76. The van der Waals surface area contributed by atoms with Crippen molar-refractivity contribution in [3.05, 3.63) is 71.8 Å². The van der Waals surface area contributed by atoms with Gasteiger partial charge in [-0.2, -0.15) is 0 Å². The Balaban J connectivity index is 2.24. The minimum atomic E-state index is -0.00387. The summed E-state index contributed by atoms with van der Waals surface area (Å²) in [4.78, 5) is 3.76. The van der Waals surface area contributed by atoms with Crippen LogP contribution in [0.5, 0.6) is 0 Å². The second-order valence-corrected chi connectivity index (χ2v) is 6.46. The van der Waals surface area contributed by atoms with Crippen molar-refractivity contribution in [2.75, 3.05) is 0 Å². The molecule has 1 aliphatic rings. The lowest BCUT2D eigenvalue weighted by molar-refractivity contribution is -0.490. The standard InChI is InChI=1S/C20H23N/c1-15(2)19-20(14-16(3)21-19,17-10-6-4-7-11-17)18-12-8-5-9-13-18/h4-13,15-16H,14H2,1-3H3/p+1/t16-/m0/s1. The summed E-state index contributed by atoms with van der Waals surface area (Å²) in [6, 6.07) is 22.4. The molecule has 2 aromatic carbocycles. The van der Waals surface area contributed by atoms with Crippen LogP contribution in [-0.2, 0) is 5.41 Å². The van der Waals surface area contributed by atoms with Crippen molar-refractivity contribution >= 4 is 5.71 Å². The highest BCUT2D eigenvalue weighted by Gasteiger charge is 2.50. The zero-order chi connectivity index (χ0) is 14.9. The summed E-state index contributed by atoms with van der Waals surface area (Å²) in [5, 5.41) is 0. The van der Waals surface area contributed by atoms with Gasteiger partial charge in [-0.1, -0.05) is 74.5 Å². The Hall–Kier alpha value is -1.89. The normalized spacial score (nSPS) is 20.6. The molecular weight excluding hydrogens is 254 g/mol. The third-order valence-electron chi connectivity index (χ3n) is 4.58. The summed E-state index contributed by atoms with van der Waals surface area (Å²) < 4.78 is 0. The number of benzene rings is 2. The zero-order valence-electron chi connectivity index (χ0n) is 13.1. The highest BCUT2D eigenvalue weighted by atomic mass is 14.9. The van der Waals surface area contributed by atoms with E-state index in [1.54, 1.807) is 0 Å². The molecule has 0 amide bonds. The highest BCUT2D eigenvalue weighted by molar-refractivity contribution is 5.96. The van der Waals surface area contributed by atoms with E-state index in [2.05, 4.69) is 86.4 Å². The molecular formula is C20H24N+. The van der Waals surface area contributed by atoms with E-state index in [1.807, 2.05) is 0 Å². The molecule has 1 nitrogen and oxygen atoms in total. The van der Waals surface area contributed by atoms with Crippen LogP contribution in [0.15, 0.2) is 60.7 Å². The van der Waals surface area contributed by atoms with Gasteiger partial charge in [-0.25, -0.2) is 4.99 Å². The lowest BCUT2D eigenvalue weighted by Gasteiger charge is -2.30. The van der Waals surface area contributed by atoms with Gasteiger partial charge in [-0.15, -0.1) is 0 Å². The second-order valence-electron chi connectivity index (χ2n) is 6.46. The molecule has 0 radical (unpaired) electrons. The Morgan fingerprint density at radius 1 is 0.905 bits per heavy atom. The lowest BCUT2D eigenvalue weighted by atomic mass is 9.67. The van der Waals surface area contributed by atoms with Crippen LogP contribution in [0.3, 0.4) is 0 Å². The largest absolute Gasteiger partial charge is 0.245 e. The molecule has 0 aromatic heterocycles. The van der Waals surface area contributed by atoms with Crippen molar-refractivity contribution in [1.82, 2.24) is 0 Å². The Morgan fingerprint density at radius 3 is 1.81 bits per heavy atom. The Labute approximate surface area is 127 Å². The molecule has 2 aromatic rings. The van der Waals surface area contributed by atoms with Crippen molar-refractivity contribution in [3.8, 4) is 0 Å². The maximum absolute atomic E-state index is 3.76. The first-order valence-corrected chi connectivity index (χ1v) is 7.89. The van der Waals surface area contributed by atoms with Crippen LogP contribution >= 0.6 is 0 Å². The Kier molecular flexibility index (Phi) is 3.67. The van der Waals surface area contributed by atoms with E-state index in [-0.39, 0.29) is 5.41 Å².